The molecule has 0 unspecified atom stereocenters. The molecule has 0 atom stereocenters. The highest BCUT2D eigenvalue weighted by molar-refractivity contribution is 5.93. The van der Waals surface area contributed by atoms with Crippen molar-refractivity contribution in [1.82, 2.24) is 34.6 Å². The molecule has 0 radical (unpaired) electrons. The van der Waals surface area contributed by atoms with E-state index in [9.17, 15) is 4.79 Å². The van der Waals surface area contributed by atoms with Gasteiger partial charge in [0.05, 0.1) is 37.3 Å². The van der Waals surface area contributed by atoms with Crippen LogP contribution < -0.4 is 10.1 Å². The first-order chi connectivity index (χ1) is 16.2. The molecule has 0 spiro atoms. The predicted molar refractivity (Wildman–Crippen MR) is 121 cm³/mol. The summed E-state index contributed by atoms with van der Waals surface area (Å²) in [6.07, 6.45) is 7.10. The van der Waals surface area contributed by atoms with Crippen LogP contribution in [0.15, 0.2) is 55.0 Å². The number of fused-ring (bicyclic) bond motifs is 2. The zero-order chi connectivity index (χ0) is 22.4. The fourth-order valence-electron chi connectivity index (χ4n) is 3.74. The summed E-state index contributed by atoms with van der Waals surface area (Å²) < 4.78 is 8.78. The predicted octanol–water partition coefficient (Wildman–Crippen LogP) is 2.94. The minimum Gasteiger partial charge on any atom is -0.495 e. The lowest BCUT2D eigenvalue weighted by Crippen LogP contribution is -2.13. The molecule has 1 aliphatic carbocycles. The number of nitrogens with zero attached hydrogens (tertiary/aromatic N) is 7. The molecule has 33 heavy (non-hydrogen) atoms. The van der Waals surface area contributed by atoms with Crippen LogP contribution in [-0.2, 0) is 11.3 Å². The zero-order valence-electron chi connectivity index (χ0n) is 17.8. The van der Waals surface area contributed by atoms with Gasteiger partial charge in [0.2, 0.25) is 5.91 Å². The maximum Gasteiger partial charge on any atom is 0.228 e. The number of anilines is 1. The fourth-order valence-corrected chi connectivity index (χ4v) is 3.74. The summed E-state index contributed by atoms with van der Waals surface area (Å²) in [7, 11) is 1.62. The molecule has 1 saturated carbocycles. The molecule has 1 N–H and O–H groups in total. The first kappa shape index (κ1) is 19.4. The van der Waals surface area contributed by atoms with Crippen molar-refractivity contribution in [2.45, 2.75) is 19.4 Å². The van der Waals surface area contributed by atoms with E-state index in [0.29, 0.717) is 23.8 Å². The smallest absolute Gasteiger partial charge is 0.228 e. The number of benzene rings is 1. The second kappa shape index (κ2) is 7.66. The molecule has 4 heterocycles. The lowest BCUT2D eigenvalue weighted by molar-refractivity contribution is -0.117. The number of aromatic nitrogens is 7. The summed E-state index contributed by atoms with van der Waals surface area (Å²) in [4.78, 5) is 20.7. The van der Waals surface area contributed by atoms with Crippen LogP contribution in [0.2, 0.25) is 0 Å². The molecule has 1 fully saturated rings. The number of rotatable bonds is 6. The molecule has 10 heteroatoms. The van der Waals surface area contributed by atoms with Gasteiger partial charge in [-0.25, -0.2) is 14.2 Å². The Labute approximate surface area is 188 Å². The quantitative estimate of drug-likeness (QED) is 0.432. The highest BCUT2D eigenvalue weighted by atomic mass is 16.5. The third kappa shape index (κ3) is 3.75. The Morgan fingerprint density at radius 1 is 1.15 bits per heavy atom. The fraction of sp³-hybridized carbons (Fsp3) is 0.217. The Kier molecular flexibility index (Phi) is 4.49. The van der Waals surface area contributed by atoms with Crippen LogP contribution in [0, 0.1) is 5.92 Å². The number of carbonyl (C=O) groups is 1. The third-order valence-corrected chi connectivity index (χ3v) is 5.68. The Morgan fingerprint density at radius 3 is 2.91 bits per heavy atom. The van der Waals surface area contributed by atoms with Gasteiger partial charge in [-0.1, -0.05) is 11.3 Å². The van der Waals surface area contributed by atoms with Crippen molar-refractivity contribution in [2.75, 3.05) is 12.4 Å². The SMILES string of the molecule is COc1cncc(-c2ccc3nnn(Cc4ccc5nc(NC(=O)C6CC6)cn5n4)c3c2)c1. The van der Waals surface area contributed by atoms with Crippen LogP contribution in [0.4, 0.5) is 5.82 Å². The first-order valence-electron chi connectivity index (χ1n) is 10.6. The van der Waals surface area contributed by atoms with Crippen molar-refractivity contribution in [3.63, 3.8) is 0 Å². The molecule has 1 amide bonds. The van der Waals surface area contributed by atoms with Crippen LogP contribution in [-0.4, -0.2) is 47.6 Å². The molecule has 1 aromatic carbocycles. The molecule has 1 aliphatic rings. The number of nitrogens with one attached hydrogen (secondary N) is 1. The maximum absolute atomic E-state index is 12.0. The van der Waals surface area contributed by atoms with Crippen molar-refractivity contribution in [2.24, 2.45) is 5.92 Å². The van der Waals surface area contributed by atoms with Gasteiger partial charge in [-0.05, 0) is 48.7 Å². The lowest BCUT2D eigenvalue weighted by Gasteiger charge is -2.06. The Bertz CT molecular complexity index is 1500. The van der Waals surface area contributed by atoms with E-state index in [2.05, 4.69) is 30.7 Å². The number of methoxy groups -OCH3 is 1. The number of hydrogen-bond acceptors (Lipinski definition) is 7. The molecule has 0 aliphatic heterocycles. The van der Waals surface area contributed by atoms with Gasteiger partial charge in [0.15, 0.2) is 11.5 Å². The number of hydrogen-bond donors (Lipinski definition) is 1. The zero-order valence-corrected chi connectivity index (χ0v) is 17.8. The normalized spacial score (nSPS) is 13.5. The van der Waals surface area contributed by atoms with Crippen LogP contribution >= 0.6 is 0 Å². The highest BCUT2D eigenvalue weighted by Crippen LogP contribution is 2.30. The number of carbonyl (C=O) groups excluding carboxylic acids is 1. The Morgan fingerprint density at radius 2 is 2.06 bits per heavy atom. The molecule has 5 aromatic rings. The van der Waals surface area contributed by atoms with E-state index in [1.54, 1.807) is 30.2 Å². The van der Waals surface area contributed by atoms with Gasteiger partial charge in [-0.15, -0.1) is 5.10 Å². The van der Waals surface area contributed by atoms with Gasteiger partial charge in [0.1, 0.15) is 11.3 Å². The standard InChI is InChI=1S/C23H20N8O2/c1-33-18-8-16(10-24-11-18)15-4-6-19-20(9-15)30(29-27-19)12-17-5-7-22-25-21(13-31(22)28-17)26-23(32)14-2-3-14/h4-11,13-14H,2-3,12H2,1H3,(H,26,32). The average molecular weight is 440 g/mol. The van der Waals surface area contributed by atoms with Crippen molar-refractivity contribution in [3.05, 3.63) is 60.7 Å². The van der Waals surface area contributed by atoms with Crippen molar-refractivity contribution in [1.29, 1.82) is 0 Å². The van der Waals surface area contributed by atoms with Gasteiger partial charge >= 0.3 is 0 Å². The molecule has 0 bridgehead atoms. The largest absolute Gasteiger partial charge is 0.495 e. The van der Waals surface area contributed by atoms with Crippen LogP contribution in [0.3, 0.4) is 0 Å². The van der Waals surface area contributed by atoms with Gasteiger partial charge in [-0.3, -0.25) is 9.78 Å². The second-order valence-electron chi connectivity index (χ2n) is 8.08. The molecule has 164 valence electrons. The topological polar surface area (TPSA) is 112 Å². The van der Waals surface area contributed by atoms with E-state index in [1.165, 1.54) is 0 Å². The van der Waals surface area contributed by atoms with Gasteiger partial charge in [0, 0.05) is 17.7 Å². The van der Waals surface area contributed by atoms with Crippen molar-refractivity contribution in [3.8, 4) is 16.9 Å². The first-order valence-corrected chi connectivity index (χ1v) is 10.6. The number of amides is 1. The minimum atomic E-state index is 0.0229. The highest BCUT2D eigenvalue weighted by Gasteiger charge is 2.30. The number of imidazole rings is 1. The molecular formula is C23H20N8O2. The average Bonchev–Trinajstić information content (AvgIpc) is 3.52. The van der Waals surface area contributed by atoms with Crippen LogP contribution in [0.25, 0.3) is 27.8 Å². The minimum absolute atomic E-state index is 0.0229. The van der Waals surface area contributed by atoms with Crippen molar-refractivity contribution < 1.29 is 9.53 Å². The Hall–Kier alpha value is -4.34. The van der Waals surface area contributed by atoms with Gasteiger partial charge < -0.3 is 10.1 Å². The molecule has 4 aromatic heterocycles. The summed E-state index contributed by atoms with van der Waals surface area (Å²) in [6.45, 7) is 0.439. The maximum atomic E-state index is 12.0. The Balaban J connectivity index is 1.29. The molecule has 0 saturated heterocycles. The van der Waals surface area contributed by atoms with E-state index in [-0.39, 0.29) is 11.8 Å². The van der Waals surface area contributed by atoms with Crippen LogP contribution in [0.1, 0.15) is 18.5 Å². The summed E-state index contributed by atoms with van der Waals surface area (Å²) in [5.74, 6) is 1.36. The summed E-state index contributed by atoms with van der Waals surface area (Å²) in [5, 5.41) is 16.1. The van der Waals surface area contributed by atoms with E-state index in [1.807, 2.05) is 41.1 Å². The monoisotopic (exact) mass is 440 g/mol. The summed E-state index contributed by atoms with van der Waals surface area (Å²) in [5.41, 5.74) is 5.08. The number of pyridine rings is 1. The number of ether oxygens (including phenoxy) is 1. The third-order valence-electron chi connectivity index (χ3n) is 5.68. The second-order valence-corrected chi connectivity index (χ2v) is 8.08. The van der Waals surface area contributed by atoms with Gasteiger partial charge in [0.25, 0.3) is 0 Å². The molecule has 10 nitrogen and oxygen atoms in total. The van der Waals surface area contributed by atoms with E-state index in [4.69, 9.17) is 4.74 Å². The lowest BCUT2D eigenvalue weighted by atomic mass is 10.1. The van der Waals surface area contributed by atoms with E-state index < -0.39 is 0 Å². The van der Waals surface area contributed by atoms with E-state index in [0.717, 1.165) is 40.7 Å². The summed E-state index contributed by atoms with van der Waals surface area (Å²) in [6, 6.07) is 11.7. The molecule has 6 rings (SSSR count). The van der Waals surface area contributed by atoms with Gasteiger partial charge in [-0.2, -0.15) is 5.10 Å². The summed E-state index contributed by atoms with van der Waals surface area (Å²) >= 11 is 0. The molecular weight excluding hydrogens is 420 g/mol. The van der Waals surface area contributed by atoms with Crippen LogP contribution in [0.5, 0.6) is 5.75 Å². The van der Waals surface area contributed by atoms with E-state index >= 15 is 0 Å². The van der Waals surface area contributed by atoms with Crippen molar-refractivity contribution >= 4 is 28.4 Å².